The van der Waals surface area contributed by atoms with Crippen LogP contribution in [0.4, 0.5) is 5.69 Å². The summed E-state index contributed by atoms with van der Waals surface area (Å²) in [5.74, 6) is -0.353. The third-order valence-electron chi connectivity index (χ3n) is 1.79. The first kappa shape index (κ1) is 14.1. The molecular formula is C12H15Cl2NO2. The average molecular weight is 276 g/mol. The van der Waals surface area contributed by atoms with Gasteiger partial charge in [0.15, 0.2) is 0 Å². The molecular weight excluding hydrogens is 261 g/mol. The van der Waals surface area contributed by atoms with Crippen molar-refractivity contribution in [3.05, 3.63) is 28.2 Å². The zero-order valence-corrected chi connectivity index (χ0v) is 11.5. The summed E-state index contributed by atoms with van der Waals surface area (Å²) >= 11 is 11.9. The highest BCUT2D eigenvalue weighted by molar-refractivity contribution is 6.39. The van der Waals surface area contributed by atoms with Gasteiger partial charge in [-0.05, 0) is 32.9 Å². The number of anilines is 1. The SMILES string of the molecule is CC(C)(C)OC(=O)CNc1c(Cl)cccc1Cl. The highest BCUT2D eigenvalue weighted by Crippen LogP contribution is 2.29. The van der Waals surface area contributed by atoms with E-state index in [1.165, 1.54) is 0 Å². The molecule has 17 heavy (non-hydrogen) atoms. The molecule has 0 fully saturated rings. The van der Waals surface area contributed by atoms with Crippen molar-refractivity contribution < 1.29 is 9.53 Å². The van der Waals surface area contributed by atoms with Gasteiger partial charge in [-0.2, -0.15) is 0 Å². The minimum absolute atomic E-state index is 0.0285. The van der Waals surface area contributed by atoms with Crippen LogP contribution in [-0.2, 0) is 9.53 Å². The number of halogens is 2. The Labute approximate surface area is 111 Å². The van der Waals surface area contributed by atoms with E-state index in [0.29, 0.717) is 15.7 Å². The molecule has 0 spiro atoms. The largest absolute Gasteiger partial charge is 0.459 e. The van der Waals surface area contributed by atoms with Crippen molar-refractivity contribution >= 4 is 34.9 Å². The zero-order chi connectivity index (χ0) is 13.1. The van der Waals surface area contributed by atoms with E-state index >= 15 is 0 Å². The van der Waals surface area contributed by atoms with Crippen molar-refractivity contribution in [3.63, 3.8) is 0 Å². The van der Waals surface area contributed by atoms with Crippen LogP contribution >= 0.6 is 23.2 Å². The van der Waals surface area contributed by atoms with E-state index in [2.05, 4.69) is 5.32 Å². The molecule has 0 aliphatic heterocycles. The van der Waals surface area contributed by atoms with Gasteiger partial charge in [0.05, 0.1) is 15.7 Å². The van der Waals surface area contributed by atoms with E-state index in [4.69, 9.17) is 27.9 Å². The lowest BCUT2D eigenvalue weighted by molar-refractivity contribution is -0.152. The fourth-order valence-corrected chi connectivity index (χ4v) is 1.74. The van der Waals surface area contributed by atoms with E-state index in [1.54, 1.807) is 18.2 Å². The maximum Gasteiger partial charge on any atom is 0.325 e. The Bertz CT molecular complexity index is 393. The number of carbonyl (C=O) groups is 1. The number of para-hydroxylation sites is 1. The predicted octanol–water partition coefficient (Wildman–Crippen LogP) is 3.75. The van der Waals surface area contributed by atoms with Gasteiger partial charge in [-0.25, -0.2) is 0 Å². The second kappa shape index (κ2) is 5.61. The van der Waals surface area contributed by atoms with Crippen LogP contribution in [-0.4, -0.2) is 18.1 Å². The number of carbonyl (C=O) groups excluding carboxylic acids is 1. The Morgan fingerprint density at radius 1 is 1.29 bits per heavy atom. The first-order valence-electron chi connectivity index (χ1n) is 5.19. The number of hydrogen-bond acceptors (Lipinski definition) is 3. The van der Waals surface area contributed by atoms with Gasteiger partial charge < -0.3 is 10.1 Å². The van der Waals surface area contributed by atoms with Gasteiger partial charge in [0.25, 0.3) is 0 Å². The van der Waals surface area contributed by atoms with Crippen LogP contribution in [0, 0.1) is 0 Å². The molecule has 1 aromatic carbocycles. The molecule has 0 unspecified atom stereocenters. The first-order chi connectivity index (χ1) is 7.79. The minimum atomic E-state index is -0.497. The second-order valence-electron chi connectivity index (χ2n) is 4.54. The van der Waals surface area contributed by atoms with Gasteiger partial charge in [0.2, 0.25) is 0 Å². The highest BCUT2D eigenvalue weighted by atomic mass is 35.5. The van der Waals surface area contributed by atoms with Crippen LogP contribution in [0.5, 0.6) is 0 Å². The van der Waals surface area contributed by atoms with Crippen LogP contribution in [0.2, 0.25) is 10.0 Å². The first-order valence-corrected chi connectivity index (χ1v) is 5.95. The number of esters is 1. The number of hydrogen-bond donors (Lipinski definition) is 1. The molecule has 0 aromatic heterocycles. The molecule has 1 rings (SSSR count). The van der Waals surface area contributed by atoms with Crippen molar-refractivity contribution in [2.24, 2.45) is 0 Å². The molecule has 0 aliphatic carbocycles. The van der Waals surface area contributed by atoms with Gasteiger partial charge in [-0.1, -0.05) is 29.3 Å². The lowest BCUT2D eigenvalue weighted by atomic mass is 10.2. The number of nitrogens with one attached hydrogen (secondary N) is 1. The summed E-state index contributed by atoms with van der Waals surface area (Å²) in [5, 5.41) is 3.81. The topological polar surface area (TPSA) is 38.3 Å². The van der Waals surface area contributed by atoms with E-state index < -0.39 is 5.60 Å². The molecule has 0 aliphatic rings. The molecule has 1 N–H and O–H groups in total. The molecule has 1 aromatic rings. The maximum absolute atomic E-state index is 11.5. The van der Waals surface area contributed by atoms with E-state index in [1.807, 2.05) is 20.8 Å². The normalized spacial score (nSPS) is 11.1. The van der Waals surface area contributed by atoms with Crippen molar-refractivity contribution in [2.45, 2.75) is 26.4 Å². The maximum atomic E-state index is 11.5. The van der Waals surface area contributed by atoms with Crippen molar-refractivity contribution in [2.75, 3.05) is 11.9 Å². The molecule has 0 heterocycles. The van der Waals surface area contributed by atoms with Crippen LogP contribution in [0.25, 0.3) is 0 Å². The predicted molar refractivity (Wildman–Crippen MR) is 70.8 cm³/mol. The Morgan fingerprint density at radius 2 is 1.82 bits per heavy atom. The molecule has 0 atom stereocenters. The van der Waals surface area contributed by atoms with Gasteiger partial charge in [-0.3, -0.25) is 4.79 Å². The third kappa shape index (κ3) is 4.84. The molecule has 0 amide bonds. The molecule has 0 bridgehead atoms. The fourth-order valence-electron chi connectivity index (χ4n) is 1.20. The Kier molecular flexibility index (Phi) is 4.66. The number of benzene rings is 1. The summed E-state index contributed by atoms with van der Waals surface area (Å²) in [6.45, 7) is 5.47. The quantitative estimate of drug-likeness (QED) is 0.854. The molecule has 5 heteroatoms. The van der Waals surface area contributed by atoms with Crippen molar-refractivity contribution in [3.8, 4) is 0 Å². The van der Waals surface area contributed by atoms with Crippen molar-refractivity contribution in [1.29, 1.82) is 0 Å². The molecule has 3 nitrogen and oxygen atoms in total. The van der Waals surface area contributed by atoms with Gasteiger partial charge in [0.1, 0.15) is 12.1 Å². The van der Waals surface area contributed by atoms with Gasteiger partial charge in [-0.15, -0.1) is 0 Å². The highest BCUT2D eigenvalue weighted by Gasteiger charge is 2.16. The minimum Gasteiger partial charge on any atom is -0.459 e. The number of ether oxygens (including phenoxy) is 1. The van der Waals surface area contributed by atoms with E-state index in [9.17, 15) is 4.79 Å². The second-order valence-corrected chi connectivity index (χ2v) is 5.35. The average Bonchev–Trinajstić information content (AvgIpc) is 2.14. The summed E-state index contributed by atoms with van der Waals surface area (Å²) < 4.78 is 5.15. The Hall–Kier alpha value is -0.930. The van der Waals surface area contributed by atoms with Crippen molar-refractivity contribution in [1.82, 2.24) is 0 Å². The molecule has 0 radical (unpaired) electrons. The molecule has 94 valence electrons. The zero-order valence-electron chi connectivity index (χ0n) is 10.0. The van der Waals surface area contributed by atoms with Gasteiger partial charge in [0, 0.05) is 0 Å². The third-order valence-corrected chi connectivity index (χ3v) is 2.42. The monoisotopic (exact) mass is 275 g/mol. The van der Waals surface area contributed by atoms with E-state index in [-0.39, 0.29) is 12.5 Å². The lowest BCUT2D eigenvalue weighted by Crippen LogP contribution is -2.28. The van der Waals surface area contributed by atoms with Crippen LogP contribution in [0.3, 0.4) is 0 Å². The number of rotatable bonds is 3. The molecule has 0 saturated carbocycles. The standard InChI is InChI=1S/C12H15Cl2NO2/c1-12(2,3)17-10(16)7-15-11-8(13)5-4-6-9(11)14/h4-6,15H,7H2,1-3H3. The molecule has 0 saturated heterocycles. The Morgan fingerprint density at radius 3 is 2.29 bits per heavy atom. The fraction of sp³-hybridized carbons (Fsp3) is 0.417. The summed E-state index contributed by atoms with van der Waals surface area (Å²) in [6.07, 6.45) is 0. The van der Waals surface area contributed by atoms with Crippen LogP contribution in [0.1, 0.15) is 20.8 Å². The summed E-state index contributed by atoms with van der Waals surface area (Å²) in [5.41, 5.74) is 0.0463. The Balaban J connectivity index is 2.59. The smallest absolute Gasteiger partial charge is 0.325 e. The summed E-state index contributed by atoms with van der Waals surface area (Å²) in [7, 11) is 0. The van der Waals surface area contributed by atoms with E-state index in [0.717, 1.165) is 0 Å². The van der Waals surface area contributed by atoms with Crippen LogP contribution < -0.4 is 5.32 Å². The van der Waals surface area contributed by atoms with Gasteiger partial charge >= 0.3 is 5.97 Å². The summed E-state index contributed by atoms with van der Waals surface area (Å²) in [6, 6.07) is 5.14. The summed E-state index contributed by atoms with van der Waals surface area (Å²) in [4.78, 5) is 11.5. The lowest BCUT2D eigenvalue weighted by Gasteiger charge is -2.20. The van der Waals surface area contributed by atoms with Crippen LogP contribution in [0.15, 0.2) is 18.2 Å².